The van der Waals surface area contributed by atoms with Gasteiger partial charge < -0.3 is 15.0 Å². The van der Waals surface area contributed by atoms with E-state index in [0.29, 0.717) is 42.0 Å². The van der Waals surface area contributed by atoms with Crippen molar-refractivity contribution in [3.8, 4) is 0 Å². The highest BCUT2D eigenvalue weighted by Crippen LogP contribution is 2.37. The number of rotatable bonds is 3. The average molecular weight is 428 g/mol. The summed E-state index contributed by atoms with van der Waals surface area (Å²) in [4.78, 5) is 17.4. The van der Waals surface area contributed by atoms with Gasteiger partial charge in [0.2, 0.25) is 0 Å². The number of ether oxygens (including phenoxy) is 1. The number of amides is 1. The van der Waals surface area contributed by atoms with Crippen molar-refractivity contribution in [3.63, 3.8) is 0 Å². The number of hydrogen-bond acceptors (Lipinski definition) is 3. The van der Waals surface area contributed by atoms with Crippen LogP contribution in [0, 0.1) is 0 Å². The summed E-state index contributed by atoms with van der Waals surface area (Å²) < 4.78 is 5.42. The monoisotopic (exact) mass is 427 g/mol. The number of morpholine rings is 1. The normalized spacial score (nSPS) is 19.9. The summed E-state index contributed by atoms with van der Waals surface area (Å²) in [5.74, 6) is -0.0216. The van der Waals surface area contributed by atoms with Crippen LogP contribution in [-0.4, -0.2) is 42.2 Å². The molecule has 0 radical (unpaired) electrons. The highest BCUT2D eigenvalue weighted by Gasteiger charge is 2.37. The van der Waals surface area contributed by atoms with Crippen LogP contribution < -0.4 is 10.2 Å². The van der Waals surface area contributed by atoms with E-state index in [1.165, 1.54) is 0 Å². The Labute approximate surface area is 180 Å². The van der Waals surface area contributed by atoms with Crippen molar-refractivity contribution in [1.29, 1.82) is 0 Å². The Kier molecular flexibility index (Phi) is 5.85. The Morgan fingerprint density at radius 1 is 1.10 bits per heavy atom. The van der Waals surface area contributed by atoms with Gasteiger partial charge in [-0.3, -0.25) is 9.69 Å². The molecule has 1 saturated heterocycles. The van der Waals surface area contributed by atoms with Gasteiger partial charge >= 0.3 is 0 Å². The lowest BCUT2D eigenvalue weighted by Crippen LogP contribution is -2.51. The summed E-state index contributed by atoms with van der Waals surface area (Å²) >= 11 is 12.2. The third kappa shape index (κ3) is 3.88. The molecule has 2 aliphatic heterocycles. The van der Waals surface area contributed by atoms with Crippen molar-refractivity contribution in [2.24, 2.45) is 0 Å². The van der Waals surface area contributed by atoms with Gasteiger partial charge in [-0.1, -0.05) is 48.0 Å². The van der Waals surface area contributed by atoms with Crippen molar-refractivity contribution in [2.75, 3.05) is 31.2 Å². The molecule has 1 unspecified atom stereocenters. The lowest BCUT2D eigenvalue weighted by Gasteiger charge is -2.40. The second-order valence-electron chi connectivity index (χ2n) is 6.98. The molecule has 4 rings (SSSR count). The number of benzene rings is 2. The SMILES string of the molecule is CC1=C(C(=O)N2CCOCC2)C(c2ccccc2Cl)NC(=S)N1c1ccccc1. The number of anilines is 1. The molecule has 1 amide bonds. The first-order valence-electron chi connectivity index (χ1n) is 9.56. The average Bonchev–Trinajstić information content (AvgIpc) is 2.75. The van der Waals surface area contributed by atoms with Crippen LogP contribution in [0.25, 0.3) is 0 Å². The van der Waals surface area contributed by atoms with Gasteiger partial charge in [-0.05, 0) is 42.9 Å². The fourth-order valence-electron chi connectivity index (χ4n) is 3.79. The molecule has 2 heterocycles. The maximum atomic E-state index is 13.6. The van der Waals surface area contributed by atoms with E-state index in [-0.39, 0.29) is 5.91 Å². The molecule has 2 aromatic rings. The molecule has 150 valence electrons. The maximum absolute atomic E-state index is 13.6. The van der Waals surface area contributed by atoms with Gasteiger partial charge in [-0.2, -0.15) is 0 Å². The van der Waals surface area contributed by atoms with Crippen LogP contribution in [0.15, 0.2) is 65.9 Å². The first-order valence-corrected chi connectivity index (χ1v) is 10.3. The van der Waals surface area contributed by atoms with Gasteiger partial charge in [0.1, 0.15) is 0 Å². The van der Waals surface area contributed by atoms with E-state index in [1.807, 2.05) is 71.3 Å². The Morgan fingerprint density at radius 2 is 1.76 bits per heavy atom. The number of halogens is 1. The van der Waals surface area contributed by atoms with Gasteiger partial charge in [0, 0.05) is 29.5 Å². The maximum Gasteiger partial charge on any atom is 0.254 e. The van der Waals surface area contributed by atoms with Crippen molar-refractivity contribution in [1.82, 2.24) is 10.2 Å². The molecule has 2 aromatic carbocycles. The number of nitrogens with one attached hydrogen (secondary N) is 1. The number of carbonyl (C=O) groups excluding carboxylic acids is 1. The zero-order valence-electron chi connectivity index (χ0n) is 16.1. The zero-order chi connectivity index (χ0) is 20.4. The number of allylic oxidation sites excluding steroid dienone is 1. The van der Waals surface area contributed by atoms with Gasteiger partial charge in [0.15, 0.2) is 5.11 Å². The van der Waals surface area contributed by atoms with Crippen molar-refractivity contribution >= 4 is 40.5 Å². The Hall–Kier alpha value is -2.41. The fourth-order valence-corrected chi connectivity index (χ4v) is 4.39. The Morgan fingerprint density at radius 3 is 2.45 bits per heavy atom. The molecule has 0 aromatic heterocycles. The highest BCUT2D eigenvalue weighted by atomic mass is 35.5. The van der Waals surface area contributed by atoms with Gasteiger partial charge in [-0.25, -0.2) is 0 Å². The minimum atomic E-state index is -0.411. The standard InChI is InChI=1S/C22H22ClN3O2S/c1-15-19(21(27)25-11-13-28-14-12-25)20(17-9-5-6-10-18(17)23)24-22(29)26(15)16-7-3-2-4-8-16/h2-10,20H,11-14H2,1H3,(H,24,29). The predicted molar refractivity (Wildman–Crippen MR) is 119 cm³/mol. The summed E-state index contributed by atoms with van der Waals surface area (Å²) in [7, 11) is 0. The van der Waals surface area contributed by atoms with E-state index >= 15 is 0 Å². The number of carbonyl (C=O) groups is 1. The molecule has 1 fully saturated rings. The first kappa shape index (κ1) is 19.9. The van der Waals surface area contributed by atoms with Crippen molar-refractivity contribution in [3.05, 3.63) is 76.5 Å². The van der Waals surface area contributed by atoms with E-state index < -0.39 is 6.04 Å². The highest BCUT2D eigenvalue weighted by molar-refractivity contribution is 7.80. The van der Waals surface area contributed by atoms with Crippen molar-refractivity contribution in [2.45, 2.75) is 13.0 Å². The van der Waals surface area contributed by atoms with E-state index in [4.69, 9.17) is 28.6 Å². The third-order valence-electron chi connectivity index (χ3n) is 5.24. The van der Waals surface area contributed by atoms with Crippen LogP contribution in [0.2, 0.25) is 5.02 Å². The number of nitrogens with zero attached hydrogens (tertiary/aromatic N) is 2. The van der Waals surface area contributed by atoms with Gasteiger partial charge in [0.25, 0.3) is 5.91 Å². The molecule has 0 aliphatic carbocycles. The molecule has 2 aliphatic rings. The number of para-hydroxylation sites is 1. The Bertz CT molecular complexity index is 958. The second-order valence-corrected chi connectivity index (χ2v) is 7.77. The largest absolute Gasteiger partial charge is 0.378 e. The molecular weight excluding hydrogens is 406 g/mol. The number of hydrogen-bond donors (Lipinski definition) is 1. The predicted octanol–water partition coefficient (Wildman–Crippen LogP) is 3.91. The van der Waals surface area contributed by atoms with Gasteiger partial charge in [-0.15, -0.1) is 0 Å². The summed E-state index contributed by atoms with van der Waals surface area (Å²) in [5.41, 5.74) is 3.20. The molecular formula is C22H22ClN3O2S. The topological polar surface area (TPSA) is 44.8 Å². The molecule has 0 spiro atoms. The van der Waals surface area contributed by atoms with E-state index in [2.05, 4.69) is 5.32 Å². The minimum Gasteiger partial charge on any atom is -0.378 e. The molecule has 5 nitrogen and oxygen atoms in total. The Balaban J connectivity index is 1.83. The van der Waals surface area contributed by atoms with E-state index in [1.54, 1.807) is 0 Å². The molecule has 7 heteroatoms. The van der Waals surface area contributed by atoms with Gasteiger partial charge in [0.05, 0.1) is 24.8 Å². The van der Waals surface area contributed by atoms with Crippen LogP contribution in [-0.2, 0) is 9.53 Å². The molecule has 1 N–H and O–H groups in total. The smallest absolute Gasteiger partial charge is 0.254 e. The zero-order valence-corrected chi connectivity index (χ0v) is 17.7. The van der Waals surface area contributed by atoms with Crippen LogP contribution in [0.5, 0.6) is 0 Å². The second kappa shape index (κ2) is 8.53. The first-order chi connectivity index (χ1) is 14.1. The van der Waals surface area contributed by atoms with Crippen LogP contribution in [0.4, 0.5) is 5.69 Å². The van der Waals surface area contributed by atoms with E-state index in [9.17, 15) is 4.79 Å². The quantitative estimate of drug-likeness (QED) is 0.752. The van der Waals surface area contributed by atoms with Crippen LogP contribution in [0.3, 0.4) is 0 Å². The lowest BCUT2D eigenvalue weighted by molar-refractivity contribution is -0.131. The lowest BCUT2D eigenvalue weighted by atomic mass is 9.93. The summed E-state index contributed by atoms with van der Waals surface area (Å²) in [6.07, 6.45) is 0. The molecule has 0 bridgehead atoms. The number of thiocarbonyl (C=S) groups is 1. The summed E-state index contributed by atoms with van der Waals surface area (Å²) in [6.45, 7) is 4.17. The van der Waals surface area contributed by atoms with Crippen molar-refractivity contribution < 1.29 is 9.53 Å². The van der Waals surface area contributed by atoms with Crippen LogP contribution in [0.1, 0.15) is 18.5 Å². The molecule has 29 heavy (non-hydrogen) atoms. The summed E-state index contributed by atoms with van der Waals surface area (Å²) in [5, 5.41) is 4.50. The molecule has 1 atom stereocenters. The minimum absolute atomic E-state index is 0.0216. The fraction of sp³-hybridized carbons (Fsp3) is 0.273. The van der Waals surface area contributed by atoms with Crippen LogP contribution >= 0.6 is 23.8 Å². The third-order valence-corrected chi connectivity index (χ3v) is 5.89. The summed E-state index contributed by atoms with van der Waals surface area (Å²) in [6, 6.07) is 17.0. The van der Waals surface area contributed by atoms with E-state index in [0.717, 1.165) is 16.9 Å². The molecule has 0 saturated carbocycles.